The highest BCUT2D eigenvalue weighted by Gasteiger charge is 2.12. The molecule has 0 saturated carbocycles. The van der Waals surface area contributed by atoms with E-state index >= 15 is 0 Å². The Balaban J connectivity index is 1.35. The van der Waals surface area contributed by atoms with E-state index in [1.54, 1.807) is 6.20 Å². The average molecular weight is 403 g/mol. The number of hydrogen-bond donors (Lipinski definition) is 2. The summed E-state index contributed by atoms with van der Waals surface area (Å²) in [5.74, 6) is 0.639. The first-order valence-electron chi connectivity index (χ1n) is 10.0. The lowest BCUT2D eigenvalue weighted by molar-refractivity contribution is -0.115. The molecule has 2 heterocycles. The zero-order valence-electron chi connectivity index (χ0n) is 17.0. The zero-order valence-corrected chi connectivity index (χ0v) is 17.0. The molecule has 7 heteroatoms. The van der Waals surface area contributed by atoms with Crippen LogP contribution in [0.4, 0.5) is 22.9 Å². The number of carbonyl (C=O) groups is 1. The van der Waals surface area contributed by atoms with Crippen LogP contribution in [0.15, 0.2) is 60.8 Å². The summed E-state index contributed by atoms with van der Waals surface area (Å²) in [6.07, 6.45) is 2.12. The monoisotopic (exact) mass is 403 g/mol. The van der Waals surface area contributed by atoms with Gasteiger partial charge in [-0.1, -0.05) is 29.8 Å². The van der Waals surface area contributed by atoms with E-state index in [9.17, 15) is 4.79 Å². The first kappa shape index (κ1) is 19.8. The van der Waals surface area contributed by atoms with Gasteiger partial charge in [0.05, 0.1) is 31.5 Å². The number of nitrogens with zero attached hydrogens (tertiary/aromatic N) is 3. The summed E-state index contributed by atoms with van der Waals surface area (Å²) in [5, 5.41) is 14.5. The third-order valence-electron chi connectivity index (χ3n) is 4.90. The van der Waals surface area contributed by atoms with E-state index in [0.29, 0.717) is 12.2 Å². The minimum atomic E-state index is -0.0367. The summed E-state index contributed by atoms with van der Waals surface area (Å²) >= 11 is 0. The molecule has 2 N–H and O–H groups in total. The molecule has 30 heavy (non-hydrogen) atoms. The van der Waals surface area contributed by atoms with Crippen molar-refractivity contribution >= 4 is 28.8 Å². The third kappa shape index (κ3) is 5.33. The van der Waals surface area contributed by atoms with Crippen molar-refractivity contribution in [3.8, 4) is 0 Å². The number of anilines is 4. The van der Waals surface area contributed by atoms with Gasteiger partial charge in [0.25, 0.3) is 0 Å². The second-order valence-electron chi connectivity index (χ2n) is 7.31. The van der Waals surface area contributed by atoms with Crippen LogP contribution in [0.25, 0.3) is 0 Å². The molecule has 0 aliphatic carbocycles. The smallest absolute Gasteiger partial charge is 0.228 e. The number of ether oxygens (including phenoxy) is 1. The van der Waals surface area contributed by atoms with E-state index in [0.717, 1.165) is 54.5 Å². The average Bonchev–Trinajstić information content (AvgIpc) is 2.76. The Morgan fingerprint density at radius 1 is 1.07 bits per heavy atom. The van der Waals surface area contributed by atoms with Gasteiger partial charge in [0.1, 0.15) is 0 Å². The van der Waals surface area contributed by atoms with Crippen LogP contribution in [0, 0.1) is 6.92 Å². The highest BCUT2D eigenvalue weighted by Crippen LogP contribution is 2.21. The molecule has 1 saturated heterocycles. The van der Waals surface area contributed by atoms with Gasteiger partial charge in [0, 0.05) is 30.5 Å². The predicted molar refractivity (Wildman–Crippen MR) is 118 cm³/mol. The first-order valence-corrected chi connectivity index (χ1v) is 10.0. The number of carbonyl (C=O) groups excluding carboxylic acids is 1. The van der Waals surface area contributed by atoms with E-state index < -0.39 is 0 Å². The second-order valence-corrected chi connectivity index (χ2v) is 7.31. The molecule has 0 unspecified atom stereocenters. The van der Waals surface area contributed by atoms with E-state index in [-0.39, 0.29) is 5.91 Å². The number of amides is 1. The third-order valence-corrected chi connectivity index (χ3v) is 4.90. The van der Waals surface area contributed by atoms with Crippen LogP contribution in [0.1, 0.15) is 11.1 Å². The molecule has 3 aromatic rings. The van der Waals surface area contributed by atoms with Crippen molar-refractivity contribution in [2.24, 2.45) is 0 Å². The largest absolute Gasteiger partial charge is 0.378 e. The molecular weight excluding hydrogens is 378 g/mol. The van der Waals surface area contributed by atoms with Gasteiger partial charge in [-0.2, -0.15) is 5.10 Å². The van der Waals surface area contributed by atoms with Crippen LogP contribution >= 0.6 is 0 Å². The topological polar surface area (TPSA) is 79.4 Å². The number of hydrogen-bond acceptors (Lipinski definition) is 6. The summed E-state index contributed by atoms with van der Waals surface area (Å²) in [7, 11) is 0. The molecule has 2 aromatic carbocycles. The second kappa shape index (κ2) is 9.37. The molecule has 0 spiro atoms. The van der Waals surface area contributed by atoms with E-state index in [1.807, 2.05) is 61.5 Å². The number of benzene rings is 2. The van der Waals surface area contributed by atoms with E-state index in [2.05, 4.69) is 25.7 Å². The summed E-state index contributed by atoms with van der Waals surface area (Å²) in [4.78, 5) is 14.5. The van der Waals surface area contributed by atoms with Crippen molar-refractivity contribution < 1.29 is 9.53 Å². The number of morpholine rings is 1. The number of rotatable bonds is 6. The quantitative estimate of drug-likeness (QED) is 0.655. The van der Waals surface area contributed by atoms with Crippen molar-refractivity contribution in [3.05, 3.63) is 71.9 Å². The lowest BCUT2D eigenvalue weighted by Gasteiger charge is -2.28. The highest BCUT2D eigenvalue weighted by molar-refractivity contribution is 5.92. The standard InChI is InChI=1S/C23H25N5O2/c1-17-3-2-4-18(13-17)14-23(29)26-20-7-5-19(6-8-20)25-22-15-21(16-24-27-22)28-9-11-30-12-10-28/h2-8,13,15-16H,9-12,14H2,1H3,(H,25,27)(H,26,29). The van der Waals surface area contributed by atoms with Gasteiger partial charge < -0.3 is 20.3 Å². The molecule has 4 rings (SSSR count). The Bertz CT molecular complexity index is 1000. The SMILES string of the molecule is Cc1cccc(CC(=O)Nc2ccc(Nc3cc(N4CCOCC4)cnn3)cc2)c1. The van der Waals surface area contributed by atoms with Gasteiger partial charge in [0.15, 0.2) is 5.82 Å². The molecule has 0 radical (unpaired) electrons. The Morgan fingerprint density at radius 2 is 1.83 bits per heavy atom. The van der Waals surface area contributed by atoms with Gasteiger partial charge >= 0.3 is 0 Å². The van der Waals surface area contributed by atoms with Gasteiger partial charge in [0.2, 0.25) is 5.91 Å². The maximum absolute atomic E-state index is 12.3. The van der Waals surface area contributed by atoms with Crippen LogP contribution in [-0.2, 0) is 16.0 Å². The maximum atomic E-state index is 12.3. The molecule has 1 aromatic heterocycles. The zero-order chi connectivity index (χ0) is 20.8. The molecule has 0 bridgehead atoms. The molecule has 1 aliphatic rings. The van der Waals surface area contributed by atoms with Crippen LogP contribution in [-0.4, -0.2) is 42.4 Å². The van der Waals surface area contributed by atoms with Gasteiger partial charge in [-0.05, 0) is 36.8 Å². The summed E-state index contributed by atoms with van der Waals surface area (Å²) in [6.45, 7) is 5.17. The number of nitrogens with one attached hydrogen (secondary N) is 2. The van der Waals surface area contributed by atoms with E-state index in [4.69, 9.17) is 4.74 Å². The highest BCUT2D eigenvalue weighted by atomic mass is 16.5. The Labute approximate surface area is 176 Å². The summed E-state index contributed by atoms with van der Waals surface area (Å²) < 4.78 is 5.40. The van der Waals surface area contributed by atoms with Gasteiger partial charge in [-0.3, -0.25) is 4.79 Å². The van der Waals surface area contributed by atoms with Crippen molar-refractivity contribution in [1.82, 2.24) is 10.2 Å². The fraction of sp³-hybridized carbons (Fsp3) is 0.261. The molecule has 1 fully saturated rings. The van der Waals surface area contributed by atoms with Crippen LogP contribution < -0.4 is 15.5 Å². The summed E-state index contributed by atoms with van der Waals surface area (Å²) in [6, 6.07) is 17.5. The molecule has 0 atom stereocenters. The van der Waals surface area contributed by atoms with Crippen LogP contribution in [0.5, 0.6) is 0 Å². The maximum Gasteiger partial charge on any atom is 0.228 e. The molecular formula is C23H25N5O2. The molecule has 7 nitrogen and oxygen atoms in total. The van der Waals surface area contributed by atoms with Gasteiger partial charge in [-0.15, -0.1) is 5.10 Å². The Hall–Kier alpha value is -3.45. The fourth-order valence-corrected chi connectivity index (χ4v) is 3.41. The van der Waals surface area contributed by atoms with Crippen molar-refractivity contribution in [2.75, 3.05) is 41.8 Å². The molecule has 1 aliphatic heterocycles. The van der Waals surface area contributed by atoms with E-state index in [1.165, 1.54) is 0 Å². The molecule has 1 amide bonds. The van der Waals surface area contributed by atoms with Crippen molar-refractivity contribution in [3.63, 3.8) is 0 Å². The number of aryl methyl sites for hydroxylation is 1. The normalized spacial score (nSPS) is 13.7. The summed E-state index contributed by atoms with van der Waals surface area (Å²) in [5.41, 5.74) is 4.81. The fourth-order valence-electron chi connectivity index (χ4n) is 3.41. The van der Waals surface area contributed by atoms with Crippen molar-refractivity contribution in [1.29, 1.82) is 0 Å². The number of aromatic nitrogens is 2. The predicted octanol–water partition coefficient (Wildman–Crippen LogP) is 3.55. The minimum Gasteiger partial charge on any atom is -0.378 e. The van der Waals surface area contributed by atoms with Crippen LogP contribution in [0.3, 0.4) is 0 Å². The van der Waals surface area contributed by atoms with Crippen LogP contribution in [0.2, 0.25) is 0 Å². The molecule has 154 valence electrons. The van der Waals surface area contributed by atoms with Crippen molar-refractivity contribution in [2.45, 2.75) is 13.3 Å². The lowest BCUT2D eigenvalue weighted by atomic mass is 10.1. The van der Waals surface area contributed by atoms with Gasteiger partial charge in [-0.25, -0.2) is 0 Å². The first-order chi connectivity index (χ1) is 14.7. The minimum absolute atomic E-state index is 0.0367. The lowest BCUT2D eigenvalue weighted by Crippen LogP contribution is -2.36. The Morgan fingerprint density at radius 3 is 2.60 bits per heavy atom. The Kier molecular flexibility index (Phi) is 6.20.